The molecule has 1 amide bonds. The number of hydrogen-bond donors (Lipinski definition) is 1. The molecule has 2 aliphatic rings. The molecule has 1 saturated carbocycles. The first kappa shape index (κ1) is 31.6. The Kier molecular flexibility index (Phi) is 9.26. The molecule has 2 fully saturated rings. The Morgan fingerprint density at radius 3 is 2.37 bits per heavy atom. The third-order valence-electron chi connectivity index (χ3n) is 8.94. The molecule has 228 valence electrons. The van der Waals surface area contributed by atoms with Gasteiger partial charge in [0.2, 0.25) is 15.9 Å². The summed E-state index contributed by atoms with van der Waals surface area (Å²) >= 11 is 12.8. The summed E-state index contributed by atoms with van der Waals surface area (Å²) in [6.45, 7) is 7.56. The number of para-hydroxylation sites is 1. The van der Waals surface area contributed by atoms with Crippen molar-refractivity contribution in [3.63, 3.8) is 0 Å². The first-order valence-electron chi connectivity index (χ1n) is 14.6. The van der Waals surface area contributed by atoms with Crippen molar-refractivity contribution in [3.05, 3.63) is 112 Å². The lowest BCUT2D eigenvalue weighted by Gasteiger charge is -2.52. The summed E-state index contributed by atoms with van der Waals surface area (Å²) in [4.78, 5) is 16.7. The van der Waals surface area contributed by atoms with Gasteiger partial charge in [0.05, 0.1) is 22.4 Å². The molecular weight excluding hydrogens is 606 g/mol. The van der Waals surface area contributed by atoms with Crippen molar-refractivity contribution >= 4 is 44.8 Å². The molecule has 1 heterocycles. The summed E-state index contributed by atoms with van der Waals surface area (Å²) in [5.74, 6) is -0.632. The van der Waals surface area contributed by atoms with E-state index in [4.69, 9.17) is 23.2 Å². The SMILES string of the molecule is C=CC[C@@]1(C)C[C@H](c2cccc(Cl)c2)[C@@H](c2ccc(Cl)cc2)N([C@@H](CC(C)S(=O)(=O)Nc2ccccc2F)C2CC2)C1=O. The Bertz CT molecular complexity index is 1600. The van der Waals surface area contributed by atoms with Crippen molar-refractivity contribution in [1.29, 1.82) is 0 Å². The molecule has 0 bridgehead atoms. The number of hydrogen-bond acceptors (Lipinski definition) is 3. The van der Waals surface area contributed by atoms with Gasteiger partial charge in [-0.15, -0.1) is 6.58 Å². The lowest BCUT2D eigenvalue weighted by Crippen LogP contribution is -2.57. The molecule has 0 radical (unpaired) electrons. The lowest BCUT2D eigenvalue weighted by atomic mass is 9.66. The maximum Gasteiger partial charge on any atom is 0.235 e. The van der Waals surface area contributed by atoms with Crippen LogP contribution in [0.2, 0.25) is 10.0 Å². The molecule has 0 aromatic heterocycles. The number of amides is 1. The molecule has 1 unspecified atom stereocenters. The van der Waals surface area contributed by atoms with Gasteiger partial charge in [-0.2, -0.15) is 0 Å². The lowest BCUT2D eigenvalue weighted by molar-refractivity contribution is -0.155. The molecule has 1 N–H and O–H groups in total. The van der Waals surface area contributed by atoms with Crippen LogP contribution in [0.5, 0.6) is 0 Å². The second-order valence-electron chi connectivity index (χ2n) is 12.2. The first-order chi connectivity index (χ1) is 20.4. The van der Waals surface area contributed by atoms with Crippen LogP contribution in [0.15, 0.2) is 85.5 Å². The molecule has 5 nitrogen and oxygen atoms in total. The van der Waals surface area contributed by atoms with Crippen molar-refractivity contribution in [2.45, 2.75) is 69.2 Å². The molecule has 3 aromatic rings. The second kappa shape index (κ2) is 12.6. The van der Waals surface area contributed by atoms with Gasteiger partial charge in [-0.05, 0) is 92.5 Å². The number of rotatable bonds is 11. The number of piperidine rings is 1. The van der Waals surface area contributed by atoms with Gasteiger partial charge in [-0.25, -0.2) is 12.8 Å². The van der Waals surface area contributed by atoms with E-state index in [1.807, 2.05) is 60.4 Å². The van der Waals surface area contributed by atoms with Gasteiger partial charge in [0, 0.05) is 22.0 Å². The molecule has 1 aliphatic carbocycles. The highest BCUT2D eigenvalue weighted by Crippen LogP contribution is 2.54. The summed E-state index contributed by atoms with van der Waals surface area (Å²) in [7, 11) is -3.97. The van der Waals surface area contributed by atoms with E-state index in [0.717, 1.165) is 24.0 Å². The predicted molar refractivity (Wildman–Crippen MR) is 172 cm³/mol. The van der Waals surface area contributed by atoms with E-state index in [9.17, 15) is 17.6 Å². The van der Waals surface area contributed by atoms with Crippen molar-refractivity contribution in [1.82, 2.24) is 4.90 Å². The Hall–Kier alpha value is -2.87. The van der Waals surface area contributed by atoms with E-state index >= 15 is 0 Å². The zero-order chi connectivity index (χ0) is 30.9. The number of nitrogens with one attached hydrogen (secondary N) is 1. The van der Waals surface area contributed by atoms with Gasteiger partial charge in [-0.3, -0.25) is 9.52 Å². The molecule has 1 aliphatic heterocycles. The highest BCUT2D eigenvalue weighted by Gasteiger charge is 2.53. The third-order valence-corrected chi connectivity index (χ3v) is 11.2. The van der Waals surface area contributed by atoms with Gasteiger partial charge in [0.15, 0.2) is 0 Å². The number of sulfonamides is 1. The molecule has 43 heavy (non-hydrogen) atoms. The predicted octanol–water partition coefficient (Wildman–Crippen LogP) is 8.77. The maximum absolute atomic E-state index is 14.7. The Balaban J connectivity index is 1.59. The van der Waals surface area contributed by atoms with E-state index in [1.54, 1.807) is 19.1 Å². The average Bonchev–Trinajstić information content (AvgIpc) is 3.81. The van der Waals surface area contributed by atoms with Gasteiger partial charge in [-0.1, -0.05) is 72.6 Å². The molecule has 9 heteroatoms. The van der Waals surface area contributed by atoms with Gasteiger partial charge in [0.1, 0.15) is 5.82 Å². The molecular formula is C34H37Cl2FN2O3S. The number of halogens is 3. The number of carbonyl (C=O) groups is 1. The number of nitrogens with zero attached hydrogens (tertiary/aromatic N) is 1. The van der Waals surface area contributed by atoms with Crippen LogP contribution < -0.4 is 4.72 Å². The molecule has 5 rings (SSSR count). The molecule has 3 aromatic carbocycles. The Labute approximate surface area is 264 Å². The molecule has 0 spiro atoms. The summed E-state index contributed by atoms with van der Waals surface area (Å²) in [5.41, 5.74) is 1.09. The minimum absolute atomic E-state index is 0.0193. The van der Waals surface area contributed by atoms with Gasteiger partial charge in [0.25, 0.3) is 0 Å². The van der Waals surface area contributed by atoms with Crippen molar-refractivity contribution < 1.29 is 17.6 Å². The van der Waals surface area contributed by atoms with E-state index in [-0.39, 0.29) is 41.9 Å². The fourth-order valence-corrected chi connectivity index (χ4v) is 7.98. The second-order valence-corrected chi connectivity index (χ2v) is 15.2. The topological polar surface area (TPSA) is 66.5 Å². The van der Waals surface area contributed by atoms with Crippen LogP contribution in [0.25, 0.3) is 0 Å². The van der Waals surface area contributed by atoms with Crippen molar-refractivity contribution in [3.8, 4) is 0 Å². The van der Waals surface area contributed by atoms with Crippen LogP contribution in [0.1, 0.15) is 69.0 Å². The highest BCUT2D eigenvalue weighted by atomic mass is 35.5. The minimum atomic E-state index is -3.97. The average molecular weight is 644 g/mol. The fourth-order valence-electron chi connectivity index (χ4n) is 6.53. The normalized spacial score (nSPS) is 23.9. The summed E-state index contributed by atoms with van der Waals surface area (Å²) in [6, 6.07) is 20.3. The van der Waals surface area contributed by atoms with E-state index in [2.05, 4.69) is 11.3 Å². The van der Waals surface area contributed by atoms with Gasteiger partial charge < -0.3 is 4.90 Å². The Morgan fingerprint density at radius 2 is 1.74 bits per heavy atom. The van der Waals surface area contributed by atoms with Crippen molar-refractivity contribution in [2.75, 3.05) is 4.72 Å². The fraction of sp³-hybridized carbons (Fsp3) is 0.382. The van der Waals surface area contributed by atoms with Crippen LogP contribution in [-0.2, 0) is 14.8 Å². The smallest absolute Gasteiger partial charge is 0.235 e. The van der Waals surface area contributed by atoms with Crippen molar-refractivity contribution in [2.24, 2.45) is 11.3 Å². The number of benzene rings is 3. The monoisotopic (exact) mass is 642 g/mol. The number of likely N-dealkylation sites (tertiary alicyclic amines) is 1. The third kappa shape index (κ3) is 6.79. The van der Waals surface area contributed by atoms with Crippen LogP contribution in [0.4, 0.5) is 10.1 Å². The maximum atomic E-state index is 14.7. The largest absolute Gasteiger partial charge is 0.331 e. The van der Waals surface area contributed by atoms with Crippen LogP contribution in [-0.4, -0.2) is 30.5 Å². The zero-order valence-corrected chi connectivity index (χ0v) is 26.7. The summed E-state index contributed by atoms with van der Waals surface area (Å²) in [5, 5.41) is 0.304. The standard InChI is InChI=1S/C34H37Cl2FN2O3S/c1-4-18-34(3)21-28(25-8-7-9-27(36)20-25)32(24-14-16-26(35)17-15-24)39(33(34)40)31(23-12-13-23)19-22(2)43(41,42)38-30-11-6-5-10-29(30)37/h4-11,14-17,20,22-23,28,31-32,38H,1,12-13,18-19,21H2,2-3H3/t22?,28-,31+,32-,34+/m1/s1. The van der Waals surface area contributed by atoms with E-state index < -0.39 is 26.5 Å². The van der Waals surface area contributed by atoms with Crippen LogP contribution >= 0.6 is 23.2 Å². The summed E-state index contributed by atoms with van der Waals surface area (Å²) < 4.78 is 43.8. The quantitative estimate of drug-likeness (QED) is 0.213. The molecule has 1 saturated heterocycles. The number of anilines is 1. The van der Waals surface area contributed by atoms with E-state index in [0.29, 0.717) is 22.9 Å². The Morgan fingerprint density at radius 1 is 1.05 bits per heavy atom. The summed E-state index contributed by atoms with van der Waals surface area (Å²) in [6.07, 6.45) is 4.83. The number of carbonyl (C=O) groups excluding carboxylic acids is 1. The molecule has 5 atom stereocenters. The first-order valence-corrected chi connectivity index (χ1v) is 16.9. The van der Waals surface area contributed by atoms with Crippen LogP contribution in [0.3, 0.4) is 0 Å². The van der Waals surface area contributed by atoms with E-state index in [1.165, 1.54) is 18.2 Å². The van der Waals surface area contributed by atoms with Gasteiger partial charge >= 0.3 is 0 Å². The minimum Gasteiger partial charge on any atom is -0.331 e. The highest BCUT2D eigenvalue weighted by molar-refractivity contribution is 7.93. The zero-order valence-electron chi connectivity index (χ0n) is 24.3. The number of allylic oxidation sites excluding steroid dienone is 1. The van der Waals surface area contributed by atoms with Crippen LogP contribution in [0, 0.1) is 17.2 Å².